The summed E-state index contributed by atoms with van der Waals surface area (Å²) in [7, 11) is 0. The van der Waals surface area contributed by atoms with Crippen LogP contribution >= 0.6 is 11.6 Å². The van der Waals surface area contributed by atoms with Crippen molar-refractivity contribution in [1.82, 2.24) is 15.0 Å². The lowest BCUT2D eigenvalue weighted by Crippen LogP contribution is -2.01. The molecule has 5 heteroatoms. The summed E-state index contributed by atoms with van der Waals surface area (Å²) in [5.74, 6) is 0. The van der Waals surface area contributed by atoms with E-state index >= 15 is 0 Å². The maximum atomic E-state index is 9.38. The number of hydrogen-bond acceptors (Lipinski definition) is 3. The lowest BCUT2D eigenvalue weighted by Gasteiger charge is -2.08. The highest BCUT2D eigenvalue weighted by molar-refractivity contribution is 6.30. The molecule has 1 aromatic heterocycles. The first-order valence-corrected chi connectivity index (χ1v) is 5.87. The molecule has 3 aromatic rings. The van der Waals surface area contributed by atoms with E-state index in [1.165, 1.54) is 0 Å². The Morgan fingerprint density at radius 2 is 2.00 bits per heavy atom. The Balaban J connectivity index is 2.29. The summed E-state index contributed by atoms with van der Waals surface area (Å²) < 4.78 is 1.69. The van der Waals surface area contributed by atoms with Crippen molar-refractivity contribution in [2.75, 3.05) is 0 Å². The van der Waals surface area contributed by atoms with E-state index in [9.17, 15) is 5.11 Å². The van der Waals surface area contributed by atoms with Crippen molar-refractivity contribution in [3.63, 3.8) is 0 Å². The molecule has 0 saturated heterocycles. The van der Waals surface area contributed by atoms with Gasteiger partial charge in [-0.15, -0.1) is 5.10 Å². The van der Waals surface area contributed by atoms with E-state index in [-0.39, 0.29) is 6.61 Å². The zero-order chi connectivity index (χ0) is 12.5. The Bertz CT molecular complexity index is 708. The zero-order valence-corrected chi connectivity index (χ0v) is 10.2. The fourth-order valence-corrected chi connectivity index (χ4v) is 2.08. The standard InChI is InChI=1S/C13H10ClN3O/c14-10-6-5-9(8-18)13(7-10)17-12-4-2-1-3-11(12)15-16-17/h1-7,18H,8H2. The van der Waals surface area contributed by atoms with Gasteiger partial charge in [0.25, 0.3) is 0 Å². The second-order valence-corrected chi connectivity index (χ2v) is 4.36. The molecule has 0 saturated carbocycles. The summed E-state index contributed by atoms with van der Waals surface area (Å²) in [6.45, 7) is -0.0688. The number of halogens is 1. The van der Waals surface area contributed by atoms with Crippen LogP contribution in [0.4, 0.5) is 0 Å². The molecular formula is C13H10ClN3O. The molecule has 0 bridgehead atoms. The molecule has 4 nitrogen and oxygen atoms in total. The van der Waals surface area contributed by atoms with Gasteiger partial charge < -0.3 is 5.11 Å². The van der Waals surface area contributed by atoms with Gasteiger partial charge in [0.15, 0.2) is 0 Å². The molecule has 0 fully saturated rings. The molecule has 0 unspecified atom stereocenters. The molecule has 0 atom stereocenters. The monoisotopic (exact) mass is 259 g/mol. The van der Waals surface area contributed by atoms with Gasteiger partial charge in [-0.05, 0) is 24.3 Å². The van der Waals surface area contributed by atoms with Crippen LogP contribution in [0.1, 0.15) is 5.56 Å². The normalized spacial score (nSPS) is 11.0. The van der Waals surface area contributed by atoms with Gasteiger partial charge in [-0.1, -0.05) is 35.0 Å². The second-order valence-electron chi connectivity index (χ2n) is 3.92. The van der Waals surface area contributed by atoms with Crippen LogP contribution in [0.15, 0.2) is 42.5 Å². The average molecular weight is 260 g/mol. The Morgan fingerprint density at radius 1 is 1.17 bits per heavy atom. The topological polar surface area (TPSA) is 50.9 Å². The summed E-state index contributed by atoms with van der Waals surface area (Å²) in [5, 5.41) is 18.2. The predicted octanol–water partition coefficient (Wildman–Crippen LogP) is 2.57. The first kappa shape index (κ1) is 11.2. The summed E-state index contributed by atoms with van der Waals surface area (Å²) in [4.78, 5) is 0. The molecule has 90 valence electrons. The van der Waals surface area contributed by atoms with Gasteiger partial charge in [-0.3, -0.25) is 0 Å². The van der Waals surface area contributed by atoms with Gasteiger partial charge in [0, 0.05) is 10.6 Å². The molecule has 18 heavy (non-hydrogen) atoms. The molecule has 3 rings (SSSR count). The van der Waals surface area contributed by atoms with Gasteiger partial charge in [0.1, 0.15) is 5.52 Å². The molecule has 0 spiro atoms. The van der Waals surface area contributed by atoms with Crippen molar-refractivity contribution < 1.29 is 5.11 Å². The van der Waals surface area contributed by atoms with Crippen LogP contribution in [0.3, 0.4) is 0 Å². The van der Waals surface area contributed by atoms with E-state index in [1.807, 2.05) is 24.3 Å². The lowest BCUT2D eigenvalue weighted by atomic mass is 10.2. The summed E-state index contributed by atoms with van der Waals surface area (Å²) >= 11 is 6.00. The fraction of sp³-hybridized carbons (Fsp3) is 0.0769. The van der Waals surface area contributed by atoms with Gasteiger partial charge in [-0.2, -0.15) is 0 Å². The Labute approximate surface area is 108 Å². The number of fused-ring (bicyclic) bond motifs is 1. The molecule has 0 radical (unpaired) electrons. The van der Waals surface area contributed by atoms with Crippen LogP contribution in [-0.4, -0.2) is 20.1 Å². The fourth-order valence-electron chi connectivity index (χ4n) is 1.91. The highest BCUT2D eigenvalue weighted by Crippen LogP contribution is 2.22. The van der Waals surface area contributed by atoms with Crippen molar-refractivity contribution >= 4 is 22.6 Å². The van der Waals surface area contributed by atoms with Crippen LogP contribution in [0, 0.1) is 0 Å². The largest absolute Gasteiger partial charge is 0.392 e. The van der Waals surface area contributed by atoms with Gasteiger partial charge in [-0.25, -0.2) is 4.68 Å². The summed E-state index contributed by atoms with van der Waals surface area (Å²) in [6, 6.07) is 13.0. The van der Waals surface area contributed by atoms with Crippen molar-refractivity contribution in [2.24, 2.45) is 0 Å². The molecule has 2 aromatic carbocycles. The Kier molecular flexibility index (Phi) is 2.74. The lowest BCUT2D eigenvalue weighted by molar-refractivity contribution is 0.281. The number of para-hydroxylation sites is 1. The van der Waals surface area contributed by atoms with Crippen molar-refractivity contribution in [3.8, 4) is 5.69 Å². The van der Waals surface area contributed by atoms with E-state index < -0.39 is 0 Å². The number of aliphatic hydroxyl groups excluding tert-OH is 1. The third kappa shape index (κ3) is 1.75. The van der Waals surface area contributed by atoms with Crippen molar-refractivity contribution in [2.45, 2.75) is 6.61 Å². The summed E-state index contributed by atoms with van der Waals surface area (Å²) in [6.07, 6.45) is 0. The van der Waals surface area contributed by atoms with Crippen molar-refractivity contribution in [3.05, 3.63) is 53.1 Å². The van der Waals surface area contributed by atoms with Gasteiger partial charge in [0.05, 0.1) is 17.8 Å². The van der Waals surface area contributed by atoms with Crippen molar-refractivity contribution in [1.29, 1.82) is 0 Å². The highest BCUT2D eigenvalue weighted by Gasteiger charge is 2.10. The molecule has 0 aliphatic heterocycles. The van der Waals surface area contributed by atoms with E-state index in [0.717, 1.165) is 22.3 Å². The number of aromatic nitrogens is 3. The third-order valence-corrected chi connectivity index (χ3v) is 3.03. The van der Waals surface area contributed by atoms with Gasteiger partial charge >= 0.3 is 0 Å². The van der Waals surface area contributed by atoms with Crippen LogP contribution in [-0.2, 0) is 6.61 Å². The minimum absolute atomic E-state index is 0.0688. The number of rotatable bonds is 2. The minimum Gasteiger partial charge on any atom is -0.392 e. The zero-order valence-electron chi connectivity index (χ0n) is 9.42. The van der Waals surface area contributed by atoms with Crippen LogP contribution in [0.5, 0.6) is 0 Å². The summed E-state index contributed by atoms with van der Waals surface area (Å²) in [5.41, 5.74) is 3.20. The molecule has 0 aliphatic carbocycles. The number of hydrogen-bond donors (Lipinski definition) is 1. The third-order valence-electron chi connectivity index (χ3n) is 2.80. The van der Waals surface area contributed by atoms with E-state index in [1.54, 1.807) is 22.9 Å². The predicted molar refractivity (Wildman–Crippen MR) is 69.8 cm³/mol. The maximum Gasteiger partial charge on any atom is 0.113 e. The smallest absolute Gasteiger partial charge is 0.113 e. The molecule has 0 aliphatic rings. The first-order chi connectivity index (χ1) is 8.79. The Morgan fingerprint density at radius 3 is 2.83 bits per heavy atom. The quantitative estimate of drug-likeness (QED) is 0.770. The molecular weight excluding hydrogens is 250 g/mol. The van der Waals surface area contributed by atoms with Crippen LogP contribution in [0.2, 0.25) is 5.02 Å². The molecule has 1 heterocycles. The minimum atomic E-state index is -0.0688. The first-order valence-electron chi connectivity index (χ1n) is 5.49. The number of benzene rings is 2. The van der Waals surface area contributed by atoms with E-state index in [2.05, 4.69) is 10.3 Å². The van der Waals surface area contributed by atoms with Crippen LogP contribution in [0.25, 0.3) is 16.7 Å². The number of aliphatic hydroxyl groups is 1. The maximum absolute atomic E-state index is 9.38. The van der Waals surface area contributed by atoms with Gasteiger partial charge in [0.2, 0.25) is 0 Å². The average Bonchev–Trinajstić information content (AvgIpc) is 2.82. The van der Waals surface area contributed by atoms with E-state index in [0.29, 0.717) is 5.02 Å². The second kappa shape index (κ2) is 4.40. The SMILES string of the molecule is OCc1ccc(Cl)cc1-n1nnc2ccccc21. The highest BCUT2D eigenvalue weighted by atomic mass is 35.5. The van der Waals surface area contributed by atoms with Crippen LogP contribution < -0.4 is 0 Å². The molecule has 0 amide bonds. The van der Waals surface area contributed by atoms with E-state index in [4.69, 9.17) is 11.6 Å². The number of nitrogens with zero attached hydrogens (tertiary/aromatic N) is 3. The molecule has 1 N–H and O–H groups in total. The Hall–Kier alpha value is -1.91.